The summed E-state index contributed by atoms with van der Waals surface area (Å²) in [6.45, 7) is 5.59. The zero-order valence-corrected chi connectivity index (χ0v) is 18.5. The quantitative estimate of drug-likeness (QED) is 0.356. The van der Waals surface area contributed by atoms with E-state index in [0.29, 0.717) is 22.0 Å². The van der Waals surface area contributed by atoms with Crippen molar-refractivity contribution in [2.24, 2.45) is 0 Å². The number of thioether (sulfide) groups is 1. The second-order valence-corrected chi connectivity index (χ2v) is 8.56. The molecule has 4 aromatic rings. The van der Waals surface area contributed by atoms with E-state index in [0.717, 1.165) is 28.1 Å². The van der Waals surface area contributed by atoms with Crippen molar-refractivity contribution in [2.45, 2.75) is 31.7 Å². The van der Waals surface area contributed by atoms with E-state index in [4.69, 9.17) is 4.42 Å². The van der Waals surface area contributed by atoms with E-state index in [1.807, 2.05) is 61.7 Å². The molecule has 0 aliphatic rings. The van der Waals surface area contributed by atoms with Crippen molar-refractivity contribution in [3.63, 3.8) is 0 Å². The average Bonchev–Trinajstić information content (AvgIpc) is 3.38. The second-order valence-electron chi connectivity index (χ2n) is 6.79. The Bertz CT molecular complexity index is 1170. The van der Waals surface area contributed by atoms with Gasteiger partial charge in [0.05, 0.1) is 11.4 Å². The van der Waals surface area contributed by atoms with Crippen LogP contribution in [0.2, 0.25) is 0 Å². The molecule has 0 unspecified atom stereocenters. The zero-order chi connectivity index (χ0) is 21.1. The number of carbonyl (C=O) groups is 1. The number of aryl methyl sites for hydroxylation is 2. The molecule has 0 radical (unpaired) electrons. The lowest BCUT2D eigenvalue weighted by Crippen LogP contribution is -2.23. The van der Waals surface area contributed by atoms with Crippen LogP contribution in [-0.2, 0) is 10.5 Å². The van der Waals surface area contributed by atoms with Gasteiger partial charge in [-0.1, -0.05) is 47.7 Å². The number of aromatic nitrogens is 3. The van der Waals surface area contributed by atoms with Gasteiger partial charge in [-0.15, -0.1) is 21.5 Å². The van der Waals surface area contributed by atoms with Crippen LogP contribution in [0.1, 0.15) is 23.7 Å². The Balaban J connectivity index is 1.48. The minimum absolute atomic E-state index is 0.0695. The molecule has 0 fully saturated rings. The molecule has 0 aliphatic carbocycles. The van der Waals surface area contributed by atoms with Crippen molar-refractivity contribution >= 4 is 39.8 Å². The maximum atomic E-state index is 12.4. The third-order valence-electron chi connectivity index (χ3n) is 4.41. The van der Waals surface area contributed by atoms with Gasteiger partial charge in [0.1, 0.15) is 0 Å². The van der Waals surface area contributed by atoms with Gasteiger partial charge in [0, 0.05) is 23.6 Å². The van der Waals surface area contributed by atoms with Gasteiger partial charge in [-0.25, -0.2) is 4.98 Å². The molecule has 0 saturated carbocycles. The molecule has 30 heavy (non-hydrogen) atoms. The first-order valence-electron chi connectivity index (χ1n) is 9.35. The lowest BCUT2D eigenvalue weighted by atomic mass is 10.1. The summed E-state index contributed by atoms with van der Waals surface area (Å²) in [5, 5.41) is 11.3. The molecule has 6 nitrogen and oxygen atoms in total. The number of carbonyl (C=O) groups excluding carboxylic acids is 1. The monoisotopic (exact) mass is 436 g/mol. The van der Waals surface area contributed by atoms with E-state index >= 15 is 0 Å². The van der Waals surface area contributed by atoms with E-state index in [9.17, 15) is 4.79 Å². The van der Waals surface area contributed by atoms with E-state index in [-0.39, 0.29) is 5.91 Å². The minimum atomic E-state index is -0.0695. The largest absolute Gasteiger partial charge is 0.411 e. The molecule has 0 saturated heterocycles. The second kappa shape index (κ2) is 8.81. The molecule has 2 aromatic heterocycles. The Morgan fingerprint density at radius 3 is 2.67 bits per heavy atom. The summed E-state index contributed by atoms with van der Waals surface area (Å²) in [6, 6.07) is 15.7. The van der Waals surface area contributed by atoms with Crippen LogP contribution in [-0.4, -0.2) is 21.1 Å². The first kappa shape index (κ1) is 20.3. The highest BCUT2D eigenvalue weighted by Crippen LogP contribution is 2.33. The molecule has 1 amide bonds. The molecule has 0 N–H and O–H groups in total. The number of thiazole rings is 1. The third-order valence-corrected chi connectivity index (χ3v) is 6.14. The predicted octanol–water partition coefficient (Wildman–Crippen LogP) is 5.79. The van der Waals surface area contributed by atoms with Crippen molar-refractivity contribution in [2.75, 3.05) is 4.90 Å². The topological polar surface area (TPSA) is 72.1 Å². The first-order valence-corrected chi connectivity index (χ1v) is 11.2. The molecule has 0 bridgehead atoms. The Morgan fingerprint density at radius 1 is 1.13 bits per heavy atom. The van der Waals surface area contributed by atoms with Crippen molar-refractivity contribution in [3.8, 4) is 11.5 Å². The van der Waals surface area contributed by atoms with Crippen LogP contribution < -0.4 is 4.90 Å². The smallest absolute Gasteiger partial charge is 0.277 e. The van der Waals surface area contributed by atoms with Gasteiger partial charge >= 0.3 is 0 Å². The van der Waals surface area contributed by atoms with Gasteiger partial charge in [0.2, 0.25) is 11.8 Å². The fourth-order valence-corrected chi connectivity index (χ4v) is 4.67. The van der Waals surface area contributed by atoms with Crippen LogP contribution in [0, 0.1) is 13.8 Å². The highest BCUT2D eigenvalue weighted by molar-refractivity contribution is 7.98. The molecule has 2 heterocycles. The van der Waals surface area contributed by atoms with Crippen LogP contribution in [0.3, 0.4) is 0 Å². The van der Waals surface area contributed by atoms with Crippen LogP contribution in [0.5, 0.6) is 0 Å². The molecule has 0 aliphatic heterocycles. The maximum Gasteiger partial charge on any atom is 0.277 e. The van der Waals surface area contributed by atoms with Gasteiger partial charge in [-0.3, -0.25) is 9.69 Å². The molecule has 0 atom stereocenters. The summed E-state index contributed by atoms with van der Waals surface area (Å²) < 4.78 is 5.73. The molecule has 8 heteroatoms. The molecule has 0 spiro atoms. The zero-order valence-electron chi connectivity index (χ0n) is 16.8. The van der Waals surface area contributed by atoms with Gasteiger partial charge in [0.15, 0.2) is 5.13 Å². The Labute approximate surface area is 183 Å². The predicted molar refractivity (Wildman–Crippen MR) is 120 cm³/mol. The number of amides is 1. The Hall–Kier alpha value is -2.97. The molecule has 152 valence electrons. The van der Waals surface area contributed by atoms with Crippen LogP contribution in [0.15, 0.2) is 63.6 Å². The van der Waals surface area contributed by atoms with Gasteiger partial charge in [0.25, 0.3) is 5.22 Å². The molecule has 2 aromatic carbocycles. The number of hydrogen-bond donors (Lipinski definition) is 0. The highest BCUT2D eigenvalue weighted by atomic mass is 32.2. The van der Waals surface area contributed by atoms with E-state index in [2.05, 4.69) is 21.2 Å². The molecular formula is C22H20N4O2S2. The van der Waals surface area contributed by atoms with Crippen LogP contribution >= 0.6 is 23.1 Å². The normalized spacial score (nSPS) is 10.9. The van der Waals surface area contributed by atoms with Crippen molar-refractivity contribution in [1.82, 2.24) is 15.2 Å². The molecular weight excluding hydrogens is 416 g/mol. The third kappa shape index (κ3) is 4.44. The Morgan fingerprint density at radius 2 is 1.93 bits per heavy atom. The fourth-order valence-electron chi connectivity index (χ4n) is 3.03. The van der Waals surface area contributed by atoms with E-state index in [1.54, 1.807) is 11.8 Å². The number of benzene rings is 2. The highest BCUT2D eigenvalue weighted by Gasteiger charge is 2.20. The van der Waals surface area contributed by atoms with Crippen molar-refractivity contribution in [1.29, 1.82) is 0 Å². The Kier molecular flexibility index (Phi) is 5.96. The standard InChI is InChI=1S/C22H20N4O2S2/c1-14-9-10-19(15(2)11-14)26(16(3)27)21-23-18(12-29-21)13-30-22-25-24-20(28-22)17-7-5-4-6-8-17/h4-12H,13H2,1-3H3. The van der Waals surface area contributed by atoms with Crippen LogP contribution in [0.4, 0.5) is 10.8 Å². The number of rotatable bonds is 6. The lowest BCUT2D eigenvalue weighted by molar-refractivity contribution is -0.115. The van der Waals surface area contributed by atoms with Gasteiger partial charge in [-0.05, 0) is 37.6 Å². The van der Waals surface area contributed by atoms with Crippen molar-refractivity contribution < 1.29 is 9.21 Å². The number of anilines is 2. The van der Waals surface area contributed by atoms with Gasteiger partial charge in [-0.2, -0.15) is 0 Å². The first-order chi connectivity index (χ1) is 14.5. The summed E-state index contributed by atoms with van der Waals surface area (Å²) >= 11 is 2.87. The number of nitrogens with zero attached hydrogens (tertiary/aromatic N) is 4. The summed E-state index contributed by atoms with van der Waals surface area (Å²) in [4.78, 5) is 18.7. The lowest BCUT2D eigenvalue weighted by Gasteiger charge is -2.20. The average molecular weight is 437 g/mol. The summed E-state index contributed by atoms with van der Waals surface area (Å²) in [7, 11) is 0. The summed E-state index contributed by atoms with van der Waals surface area (Å²) in [6.07, 6.45) is 0. The van der Waals surface area contributed by atoms with E-state index in [1.165, 1.54) is 23.1 Å². The SMILES string of the molecule is CC(=O)N(c1nc(CSc2nnc(-c3ccccc3)o2)cs1)c1ccc(C)cc1C. The summed E-state index contributed by atoms with van der Waals surface area (Å²) in [5.41, 5.74) is 4.79. The number of hydrogen-bond acceptors (Lipinski definition) is 7. The van der Waals surface area contributed by atoms with Gasteiger partial charge < -0.3 is 4.42 Å². The van der Waals surface area contributed by atoms with Crippen LogP contribution in [0.25, 0.3) is 11.5 Å². The van der Waals surface area contributed by atoms with E-state index < -0.39 is 0 Å². The fraction of sp³-hybridized carbons (Fsp3) is 0.182. The molecule has 4 rings (SSSR count). The van der Waals surface area contributed by atoms with Crippen molar-refractivity contribution in [3.05, 3.63) is 70.7 Å². The maximum absolute atomic E-state index is 12.4. The summed E-state index contributed by atoms with van der Waals surface area (Å²) in [5.74, 6) is 1.00. The minimum Gasteiger partial charge on any atom is -0.411 e.